The lowest BCUT2D eigenvalue weighted by Crippen LogP contribution is -2.31. The molecule has 28 heavy (non-hydrogen) atoms. The molecule has 0 aliphatic rings. The normalized spacial score (nSPS) is 12.8. The Labute approximate surface area is 172 Å². The van der Waals surface area contributed by atoms with Crippen LogP contribution in [0.3, 0.4) is 0 Å². The van der Waals surface area contributed by atoms with Gasteiger partial charge < -0.3 is 10.0 Å². The van der Waals surface area contributed by atoms with Gasteiger partial charge in [0.25, 0.3) is 5.56 Å². The smallest absolute Gasteiger partial charge is 0.335 e. The summed E-state index contributed by atoms with van der Waals surface area (Å²) in [6, 6.07) is 6.83. The highest BCUT2D eigenvalue weighted by Gasteiger charge is 2.14. The van der Waals surface area contributed by atoms with Gasteiger partial charge in [-0.1, -0.05) is 29.8 Å². The van der Waals surface area contributed by atoms with Gasteiger partial charge in [0, 0.05) is 16.7 Å². The van der Waals surface area contributed by atoms with E-state index in [1.165, 1.54) is 6.21 Å². The van der Waals surface area contributed by atoms with E-state index in [2.05, 4.69) is 44.7 Å². The zero-order chi connectivity index (χ0) is 20.7. The fraction of sp³-hybridized carbons (Fsp3) is 0.450. The van der Waals surface area contributed by atoms with Crippen molar-refractivity contribution in [1.82, 2.24) is 14.5 Å². The van der Waals surface area contributed by atoms with E-state index in [0.29, 0.717) is 5.69 Å². The Morgan fingerprint density at radius 3 is 2.50 bits per heavy atom. The molecule has 0 amide bonds. The molecule has 0 spiro atoms. The lowest BCUT2D eigenvalue weighted by Gasteiger charge is -2.18. The van der Waals surface area contributed by atoms with Gasteiger partial charge in [0.2, 0.25) is 5.88 Å². The van der Waals surface area contributed by atoms with Crippen molar-refractivity contribution in [3.05, 3.63) is 55.1 Å². The van der Waals surface area contributed by atoms with Crippen LogP contribution >= 0.6 is 15.9 Å². The van der Waals surface area contributed by atoms with Crippen LogP contribution < -0.4 is 11.2 Å². The second kappa shape index (κ2) is 10.4. The van der Waals surface area contributed by atoms with Crippen LogP contribution in [0, 0.1) is 0 Å². The summed E-state index contributed by atoms with van der Waals surface area (Å²) in [5.41, 5.74) is -0.939. The molecule has 0 fully saturated rings. The minimum atomic E-state index is -0.700. The quantitative estimate of drug-likeness (QED) is 0.574. The molecule has 0 bridgehead atoms. The molecular weight excluding hydrogens is 424 g/mol. The van der Waals surface area contributed by atoms with Crippen molar-refractivity contribution in [2.75, 3.05) is 19.6 Å². The van der Waals surface area contributed by atoms with E-state index in [9.17, 15) is 14.7 Å². The van der Waals surface area contributed by atoms with E-state index in [1.807, 2.05) is 6.92 Å². The Kier molecular flexibility index (Phi) is 8.19. The molecule has 2 N–H and O–H groups in total. The van der Waals surface area contributed by atoms with E-state index in [4.69, 9.17) is 0 Å². The second-order valence-electron chi connectivity index (χ2n) is 6.60. The highest BCUT2D eigenvalue weighted by Crippen LogP contribution is 2.18. The van der Waals surface area contributed by atoms with Crippen LogP contribution in [0.25, 0.3) is 5.69 Å². The summed E-state index contributed by atoms with van der Waals surface area (Å²) in [7, 11) is 0. The number of halogens is 1. The Morgan fingerprint density at radius 2 is 1.89 bits per heavy atom. The number of aliphatic imine (C=N–C) groups is 1. The fourth-order valence-corrected chi connectivity index (χ4v) is 3.18. The molecule has 0 radical (unpaired) electrons. The molecule has 8 heteroatoms. The summed E-state index contributed by atoms with van der Waals surface area (Å²) in [5.74, 6) is -0.421. The van der Waals surface area contributed by atoms with Gasteiger partial charge in [-0.05, 0) is 63.7 Å². The SMILES string of the molecule is CCN(CC)CCC[C@H](C)N=Cc1c(O)n(-c2ccc(Br)cc2)c(=O)[nH]c1=O. The summed E-state index contributed by atoms with van der Waals surface area (Å²) in [6.07, 6.45) is 3.23. The van der Waals surface area contributed by atoms with Crippen molar-refractivity contribution in [2.24, 2.45) is 4.99 Å². The zero-order valence-corrected chi connectivity index (χ0v) is 18.1. The Balaban J connectivity index is 2.20. The van der Waals surface area contributed by atoms with Crippen LogP contribution in [-0.2, 0) is 0 Å². The molecule has 0 aliphatic carbocycles. The first-order valence-corrected chi connectivity index (χ1v) is 10.3. The number of aromatic nitrogens is 2. The van der Waals surface area contributed by atoms with Crippen LogP contribution in [0.2, 0.25) is 0 Å². The van der Waals surface area contributed by atoms with Crippen molar-refractivity contribution in [1.29, 1.82) is 0 Å². The number of hydrogen-bond donors (Lipinski definition) is 2. The van der Waals surface area contributed by atoms with Crippen LogP contribution in [-0.4, -0.2) is 51.4 Å². The molecule has 1 atom stereocenters. The number of nitrogens with one attached hydrogen (secondary N) is 1. The van der Waals surface area contributed by atoms with Gasteiger partial charge in [-0.15, -0.1) is 0 Å². The lowest BCUT2D eigenvalue weighted by molar-refractivity contribution is 0.294. The Bertz CT molecular complexity index is 915. The largest absolute Gasteiger partial charge is 0.493 e. The van der Waals surface area contributed by atoms with Gasteiger partial charge in [-0.25, -0.2) is 9.36 Å². The van der Waals surface area contributed by atoms with Crippen molar-refractivity contribution in [3.8, 4) is 11.6 Å². The van der Waals surface area contributed by atoms with E-state index in [1.54, 1.807) is 24.3 Å². The number of hydrogen-bond acceptors (Lipinski definition) is 5. The maximum atomic E-state index is 12.2. The summed E-state index contributed by atoms with van der Waals surface area (Å²) in [4.78, 5) is 33.3. The first-order chi connectivity index (χ1) is 13.4. The number of benzene rings is 1. The summed E-state index contributed by atoms with van der Waals surface area (Å²) in [5, 5.41) is 10.5. The van der Waals surface area contributed by atoms with Gasteiger partial charge >= 0.3 is 5.69 Å². The molecule has 7 nitrogen and oxygen atoms in total. The third-order valence-corrected chi connectivity index (χ3v) is 5.18. The minimum absolute atomic E-state index is 0.00224. The van der Waals surface area contributed by atoms with Gasteiger partial charge in [0.1, 0.15) is 5.56 Å². The molecule has 1 aromatic heterocycles. The first-order valence-electron chi connectivity index (χ1n) is 9.47. The average molecular weight is 451 g/mol. The van der Waals surface area contributed by atoms with E-state index >= 15 is 0 Å². The fourth-order valence-electron chi connectivity index (χ4n) is 2.91. The van der Waals surface area contributed by atoms with Gasteiger partial charge in [0.15, 0.2) is 0 Å². The predicted octanol–water partition coefficient (Wildman–Crippen LogP) is 2.92. The zero-order valence-electron chi connectivity index (χ0n) is 16.5. The molecule has 152 valence electrons. The third kappa shape index (κ3) is 5.65. The molecule has 0 saturated carbocycles. The summed E-state index contributed by atoms with van der Waals surface area (Å²) in [6.45, 7) is 9.30. The third-order valence-electron chi connectivity index (χ3n) is 4.65. The number of aromatic amines is 1. The predicted molar refractivity (Wildman–Crippen MR) is 116 cm³/mol. The standard InChI is InChI=1S/C20H27BrN4O3/c1-4-24(5-2)12-6-7-14(3)22-13-17-18(26)23-20(28)25(19(17)27)16-10-8-15(21)9-11-16/h8-11,13-14,27H,4-7,12H2,1-3H3,(H,23,26,28)/t14-/m0/s1. The second-order valence-corrected chi connectivity index (χ2v) is 7.52. The maximum absolute atomic E-state index is 12.2. The van der Waals surface area contributed by atoms with Crippen molar-refractivity contribution >= 4 is 22.1 Å². The number of nitrogens with zero attached hydrogens (tertiary/aromatic N) is 3. The van der Waals surface area contributed by atoms with Gasteiger partial charge in [0.05, 0.1) is 5.69 Å². The van der Waals surface area contributed by atoms with E-state index < -0.39 is 17.1 Å². The van der Waals surface area contributed by atoms with E-state index in [0.717, 1.165) is 41.5 Å². The molecule has 2 aromatic rings. The molecular formula is C20H27BrN4O3. The highest BCUT2D eigenvalue weighted by atomic mass is 79.9. The lowest BCUT2D eigenvalue weighted by atomic mass is 10.2. The minimum Gasteiger partial charge on any atom is -0.493 e. The summed E-state index contributed by atoms with van der Waals surface area (Å²) >= 11 is 3.33. The average Bonchev–Trinajstić information content (AvgIpc) is 2.66. The van der Waals surface area contributed by atoms with Crippen LogP contribution in [0.4, 0.5) is 0 Å². The Morgan fingerprint density at radius 1 is 1.25 bits per heavy atom. The number of rotatable bonds is 9. The van der Waals surface area contributed by atoms with Gasteiger partial charge in [-0.2, -0.15) is 0 Å². The van der Waals surface area contributed by atoms with Crippen LogP contribution in [0.1, 0.15) is 39.2 Å². The highest BCUT2D eigenvalue weighted by molar-refractivity contribution is 9.10. The number of aromatic hydroxyl groups is 1. The summed E-state index contributed by atoms with van der Waals surface area (Å²) < 4.78 is 1.90. The monoisotopic (exact) mass is 450 g/mol. The number of H-pyrrole nitrogens is 1. The molecule has 2 rings (SSSR count). The van der Waals surface area contributed by atoms with E-state index in [-0.39, 0.29) is 11.6 Å². The van der Waals surface area contributed by atoms with Gasteiger partial charge in [-0.3, -0.25) is 14.8 Å². The van der Waals surface area contributed by atoms with Crippen LogP contribution in [0.5, 0.6) is 5.88 Å². The van der Waals surface area contributed by atoms with Crippen molar-refractivity contribution in [2.45, 2.75) is 39.7 Å². The maximum Gasteiger partial charge on any atom is 0.335 e. The molecule has 1 aromatic carbocycles. The molecule has 0 saturated heterocycles. The molecule has 1 heterocycles. The molecule has 0 aliphatic heterocycles. The van der Waals surface area contributed by atoms with Crippen molar-refractivity contribution < 1.29 is 5.11 Å². The first kappa shape index (κ1) is 22.1. The molecule has 0 unspecified atom stereocenters. The topological polar surface area (TPSA) is 90.7 Å². The Hall–Kier alpha value is -2.19. The van der Waals surface area contributed by atoms with Crippen molar-refractivity contribution in [3.63, 3.8) is 0 Å². The van der Waals surface area contributed by atoms with Crippen LogP contribution in [0.15, 0.2) is 43.3 Å².